The number of rotatable bonds is 4. The zero-order chi connectivity index (χ0) is 14.5. The Kier molecular flexibility index (Phi) is 4.20. The van der Waals surface area contributed by atoms with Gasteiger partial charge in [0.15, 0.2) is 0 Å². The summed E-state index contributed by atoms with van der Waals surface area (Å²) in [7, 11) is 0. The number of carbonyl (C=O) groups excluding carboxylic acids is 1. The minimum Gasteiger partial charge on any atom is -0.462 e. The van der Waals surface area contributed by atoms with Gasteiger partial charge in [0.1, 0.15) is 11.4 Å². The van der Waals surface area contributed by atoms with Crippen LogP contribution in [0, 0.1) is 6.92 Å². The van der Waals surface area contributed by atoms with Gasteiger partial charge in [0.2, 0.25) is 0 Å². The highest BCUT2D eigenvalue weighted by atomic mass is 16.5. The second-order valence-electron chi connectivity index (χ2n) is 4.33. The van der Waals surface area contributed by atoms with Crippen LogP contribution in [0.5, 0.6) is 0 Å². The van der Waals surface area contributed by atoms with Crippen LogP contribution in [0.25, 0.3) is 0 Å². The lowest BCUT2D eigenvalue weighted by atomic mass is 10.2. The van der Waals surface area contributed by atoms with Crippen LogP contribution in [0.3, 0.4) is 0 Å². The number of para-hydroxylation sites is 1. The molecule has 0 saturated heterocycles. The number of ether oxygens (including phenoxy) is 1. The molecule has 1 aromatic heterocycles. The van der Waals surface area contributed by atoms with Crippen molar-refractivity contribution in [3.8, 4) is 0 Å². The summed E-state index contributed by atoms with van der Waals surface area (Å²) in [5.41, 5.74) is 8.38. The molecule has 0 spiro atoms. The number of nitrogen functional groups attached to an aromatic ring is 1. The van der Waals surface area contributed by atoms with Crippen molar-refractivity contribution in [3.05, 3.63) is 47.7 Å². The second-order valence-corrected chi connectivity index (χ2v) is 4.33. The van der Waals surface area contributed by atoms with Gasteiger partial charge in [-0.05, 0) is 31.5 Å². The van der Waals surface area contributed by atoms with Crippen molar-refractivity contribution >= 4 is 23.2 Å². The molecule has 0 amide bonds. The van der Waals surface area contributed by atoms with E-state index in [9.17, 15) is 4.79 Å². The fraction of sp³-hybridized carbons (Fsp3) is 0.200. The number of hydrogen-bond acceptors (Lipinski definition) is 5. The second kappa shape index (κ2) is 6.06. The van der Waals surface area contributed by atoms with E-state index in [0.717, 1.165) is 11.3 Å². The molecule has 1 aromatic carbocycles. The van der Waals surface area contributed by atoms with Crippen LogP contribution in [-0.2, 0) is 4.74 Å². The molecule has 2 rings (SSSR count). The lowest BCUT2D eigenvalue weighted by Gasteiger charge is -2.12. The van der Waals surface area contributed by atoms with Gasteiger partial charge >= 0.3 is 5.97 Å². The van der Waals surface area contributed by atoms with E-state index in [2.05, 4.69) is 10.3 Å². The highest BCUT2D eigenvalue weighted by Crippen LogP contribution is 2.23. The van der Waals surface area contributed by atoms with E-state index in [4.69, 9.17) is 10.5 Å². The summed E-state index contributed by atoms with van der Waals surface area (Å²) in [5.74, 6) is -0.00432. The minimum atomic E-state index is -0.441. The number of anilines is 3. The number of carbonyl (C=O) groups is 1. The maximum Gasteiger partial charge on any atom is 0.341 e. The van der Waals surface area contributed by atoms with E-state index in [1.165, 1.54) is 6.20 Å². The van der Waals surface area contributed by atoms with E-state index >= 15 is 0 Å². The summed E-state index contributed by atoms with van der Waals surface area (Å²) >= 11 is 0. The zero-order valence-electron chi connectivity index (χ0n) is 11.5. The van der Waals surface area contributed by atoms with Crippen LogP contribution in [0.4, 0.5) is 17.2 Å². The number of aryl methyl sites for hydroxylation is 1. The number of nitrogens with one attached hydrogen (secondary N) is 1. The summed E-state index contributed by atoms with van der Waals surface area (Å²) in [4.78, 5) is 16.1. The average Bonchev–Trinajstić information content (AvgIpc) is 2.43. The molecule has 3 N–H and O–H groups in total. The van der Waals surface area contributed by atoms with Crippen LogP contribution in [0.1, 0.15) is 22.8 Å². The maximum absolute atomic E-state index is 11.9. The summed E-state index contributed by atoms with van der Waals surface area (Å²) in [6.45, 7) is 4.03. The topological polar surface area (TPSA) is 77.2 Å². The third-order valence-corrected chi connectivity index (χ3v) is 2.80. The quantitative estimate of drug-likeness (QED) is 0.836. The molecule has 104 valence electrons. The maximum atomic E-state index is 11.9. The molecule has 0 aliphatic heterocycles. The Bertz CT molecular complexity index is 626. The number of nitrogens with two attached hydrogens (primary N) is 1. The molecule has 0 unspecified atom stereocenters. The minimum absolute atomic E-state index is 0.303. The molecule has 5 heteroatoms. The van der Waals surface area contributed by atoms with E-state index in [1.807, 2.05) is 31.2 Å². The molecule has 20 heavy (non-hydrogen) atoms. The first-order chi connectivity index (χ1) is 9.61. The molecule has 0 aliphatic carbocycles. The lowest BCUT2D eigenvalue weighted by Crippen LogP contribution is -2.10. The third-order valence-electron chi connectivity index (χ3n) is 2.80. The number of aromatic nitrogens is 1. The fourth-order valence-corrected chi connectivity index (χ4v) is 1.79. The van der Waals surface area contributed by atoms with Gasteiger partial charge in [0.25, 0.3) is 0 Å². The smallest absolute Gasteiger partial charge is 0.341 e. The van der Waals surface area contributed by atoms with Gasteiger partial charge in [0.05, 0.1) is 18.5 Å². The van der Waals surface area contributed by atoms with Crippen molar-refractivity contribution in [2.45, 2.75) is 13.8 Å². The van der Waals surface area contributed by atoms with E-state index in [1.54, 1.807) is 13.0 Å². The summed E-state index contributed by atoms with van der Waals surface area (Å²) in [5, 5.41) is 3.14. The van der Waals surface area contributed by atoms with Crippen LogP contribution >= 0.6 is 0 Å². The van der Waals surface area contributed by atoms with Crippen molar-refractivity contribution in [3.63, 3.8) is 0 Å². The van der Waals surface area contributed by atoms with Gasteiger partial charge < -0.3 is 15.8 Å². The van der Waals surface area contributed by atoms with Gasteiger partial charge in [0, 0.05) is 5.69 Å². The number of hydrogen-bond donors (Lipinski definition) is 2. The number of esters is 1. The van der Waals surface area contributed by atoms with Crippen molar-refractivity contribution in [1.29, 1.82) is 0 Å². The Labute approximate surface area is 117 Å². The Morgan fingerprint density at radius 3 is 2.85 bits per heavy atom. The molecular formula is C15H17N3O2. The summed E-state index contributed by atoms with van der Waals surface area (Å²) < 4.78 is 5.02. The Morgan fingerprint density at radius 1 is 1.40 bits per heavy atom. The van der Waals surface area contributed by atoms with Crippen LogP contribution in [0.15, 0.2) is 36.5 Å². The van der Waals surface area contributed by atoms with Crippen molar-refractivity contribution in [2.24, 2.45) is 0 Å². The first kappa shape index (κ1) is 13.9. The predicted molar refractivity (Wildman–Crippen MR) is 79.1 cm³/mol. The Morgan fingerprint density at radius 2 is 2.15 bits per heavy atom. The van der Waals surface area contributed by atoms with E-state index < -0.39 is 5.97 Å². The monoisotopic (exact) mass is 271 g/mol. The lowest BCUT2D eigenvalue weighted by molar-refractivity contribution is 0.0527. The SMILES string of the molecule is CCOC(=O)c1cc(N)cnc1Nc1ccccc1C. The van der Waals surface area contributed by atoms with Crippen LogP contribution in [0.2, 0.25) is 0 Å². The van der Waals surface area contributed by atoms with E-state index in [-0.39, 0.29) is 0 Å². The fourth-order valence-electron chi connectivity index (χ4n) is 1.79. The largest absolute Gasteiger partial charge is 0.462 e. The average molecular weight is 271 g/mol. The van der Waals surface area contributed by atoms with Gasteiger partial charge in [-0.2, -0.15) is 0 Å². The molecule has 1 heterocycles. The standard InChI is InChI=1S/C15H17N3O2/c1-3-20-15(19)12-8-11(16)9-17-14(12)18-13-7-5-4-6-10(13)2/h4-9H,3,16H2,1-2H3,(H,17,18). The first-order valence-electron chi connectivity index (χ1n) is 6.37. The Balaban J connectivity index is 2.36. The molecule has 0 fully saturated rings. The molecule has 0 saturated carbocycles. The van der Waals surface area contributed by atoms with E-state index in [0.29, 0.717) is 23.7 Å². The van der Waals surface area contributed by atoms with Gasteiger partial charge in [-0.15, -0.1) is 0 Å². The molecule has 5 nitrogen and oxygen atoms in total. The number of nitrogens with zero attached hydrogens (tertiary/aromatic N) is 1. The molecule has 0 radical (unpaired) electrons. The zero-order valence-corrected chi connectivity index (χ0v) is 11.5. The summed E-state index contributed by atoms with van der Waals surface area (Å²) in [6, 6.07) is 9.32. The predicted octanol–water partition coefficient (Wildman–Crippen LogP) is 2.89. The van der Waals surface area contributed by atoms with Crippen molar-refractivity contribution < 1.29 is 9.53 Å². The molecule has 0 aliphatic rings. The molecule has 0 bridgehead atoms. The van der Waals surface area contributed by atoms with Crippen molar-refractivity contribution in [2.75, 3.05) is 17.7 Å². The normalized spacial score (nSPS) is 10.1. The van der Waals surface area contributed by atoms with Crippen LogP contribution < -0.4 is 11.1 Å². The molecule has 2 aromatic rings. The van der Waals surface area contributed by atoms with Crippen molar-refractivity contribution in [1.82, 2.24) is 4.98 Å². The van der Waals surface area contributed by atoms with Crippen LogP contribution in [-0.4, -0.2) is 17.6 Å². The molecular weight excluding hydrogens is 254 g/mol. The van der Waals surface area contributed by atoms with Gasteiger partial charge in [-0.3, -0.25) is 0 Å². The highest BCUT2D eigenvalue weighted by molar-refractivity contribution is 5.96. The first-order valence-corrected chi connectivity index (χ1v) is 6.37. The Hall–Kier alpha value is -2.56. The third kappa shape index (κ3) is 3.06. The number of benzene rings is 1. The van der Waals surface area contributed by atoms with Gasteiger partial charge in [-0.1, -0.05) is 18.2 Å². The highest BCUT2D eigenvalue weighted by Gasteiger charge is 2.15. The number of pyridine rings is 1. The summed E-state index contributed by atoms with van der Waals surface area (Å²) in [6.07, 6.45) is 1.50. The van der Waals surface area contributed by atoms with Gasteiger partial charge in [-0.25, -0.2) is 9.78 Å². The molecule has 0 atom stereocenters.